The Labute approximate surface area is 150 Å². The third kappa shape index (κ3) is 6.02. The number of carbonyl (C=O) groups excluding carboxylic acids is 1. The number of nitro benzene ring substituents is 1. The molecule has 2 rings (SSSR count). The fraction of sp³-hybridized carbons (Fsp3) is 0.294. The molecule has 1 aromatic carbocycles. The Bertz CT molecular complexity index is 736. The van der Waals surface area contributed by atoms with E-state index in [4.69, 9.17) is 14.2 Å². The zero-order valence-corrected chi connectivity index (χ0v) is 14.2. The number of amides is 1. The minimum Gasteiger partial charge on any atom is -0.477 e. The van der Waals surface area contributed by atoms with E-state index in [0.29, 0.717) is 19.1 Å². The molecular weight excluding hydrogens is 342 g/mol. The minimum absolute atomic E-state index is 0.0480. The maximum atomic E-state index is 11.8. The first kappa shape index (κ1) is 19.1. The van der Waals surface area contributed by atoms with Crippen LogP contribution in [0.4, 0.5) is 5.69 Å². The van der Waals surface area contributed by atoms with Crippen LogP contribution in [0.3, 0.4) is 0 Å². The number of pyridine rings is 1. The van der Waals surface area contributed by atoms with Crippen LogP contribution in [0.1, 0.15) is 5.56 Å². The third-order valence-corrected chi connectivity index (χ3v) is 3.25. The predicted octanol–water partition coefficient (Wildman–Crippen LogP) is 1.71. The fourth-order valence-electron chi connectivity index (χ4n) is 1.96. The lowest BCUT2D eigenvalue weighted by Gasteiger charge is -2.08. The molecule has 0 saturated heterocycles. The van der Waals surface area contributed by atoms with Gasteiger partial charge in [-0.3, -0.25) is 14.9 Å². The number of hydrogen-bond acceptors (Lipinski definition) is 7. The van der Waals surface area contributed by atoms with E-state index >= 15 is 0 Å². The van der Waals surface area contributed by atoms with Gasteiger partial charge in [0.25, 0.3) is 5.91 Å². The molecule has 0 bridgehead atoms. The Morgan fingerprint density at radius 3 is 2.69 bits per heavy atom. The minimum atomic E-state index is -0.560. The number of para-hydroxylation sites is 2. The van der Waals surface area contributed by atoms with Gasteiger partial charge in [0.15, 0.2) is 12.4 Å². The van der Waals surface area contributed by atoms with Gasteiger partial charge < -0.3 is 19.5 Å². The standard InChI is InChI=1S/C17H19N3O6/c1-24-8-9-25-17-7-6-13(11-19-17)10-18-16(21)12-26-15-5-3-2-4-14(15)20(22)23/h2-7,11H,8-10,12H2,1H3,(H,18,21). The van der Waals surface area contributed by atoms with Gasteiger partial charge in [-0.05, 0) is 11.6 Å². The predicted molar refractivity (Wildman–Crippen MR) is 92.0 cm³/mol. The SMILES string of the molecule is COCCOc1ccc(CNC(=O)COc2ccccc2[N+](=O)[O-])cn1. The van der Waals surface area contributed by atoms with E-state index in [2.05, 4.69) is 10.3 Å². The molecule has 0 radical (unpaired) electrons. The van der Waals surface area contributed by atoms with Crippen molar-refractivity contribution in [2.45, 2.75) is 6.54 Å². The number of nitro groups is 1. The molecule has 2 aromatic rings. The maximum absolute atomic E-state index is 11.8. The summed E-state index contributed by atoms with van der Waals surface area (Å²) in [5.74, 6) is 0.118. The first-order valence-electron chi connectivity index (χ1n) is 7.79. The Balaban J connectivity index is 1.77. The molecule has 9 heteroatoms. The topological polar surface area (TPSA) is 113 Å². The third-order valence-electron chi connectivity index (χ3n) is 3.25. The highest BCUT2D eigenvalue weighted by molar-refractivity contribution is 5.77. The number of aromatic nitrogens is 1. The van der Waals surface area contributed by atoms with Gasteiger partial charge in [0.2, 0.25) is 5.88 Å². The van der Waals surface area contributed by atoms with Crippen molar-refractivity contribution in [2.75, 3.05) is 26.9 Å². The maximum Gasteiger partial charge on any atom is 0.310 e. The first-order chi connectivity index (χ1) is 12.6. The molecule has 0 spiro atoms. The Hall–Kier alpha value is -3.20. The lowest BCUT2D eigenvalue weighted by Crippen LogP contribution is -2.28. The fourth-order valence-corrected chi connectivity index (χ4v) is 1.96. The van der Waals surface area contributed by atoms with Gasteiger partial charge in [-0.2, -0.15) is 0 Å². The molecule has 138 valence electrons. The highest BCUT2D eigenvalue weighted by Crippen LogP contribution is 2.25. The molecule has 1 amide bonds. The Morgan fingerprint density at radius 1 is 1.19 bits per heavy atom. The molecule has 0 unspecified atom stereocenters. The van der Waals surface area contributed by atoms with Crippen LogP contribution in [-0.4, -0.2) is 42.7 Å². The van der Waals surface area contributed by atoms with Crippen molar-refractivity contribution in [1.82, 2.24) is 10.3 Å². The molecule has 0 atom stereocenters. The van der Waals surface area contributed by atoms with E-state index < -0.39 is 10.8 Å². The smallest absolute Gasteiger partial charge is 0.310 e. The van der Waals surface area contributed by atoms with Gasteiger partial charge in [-0.25, -0.2) is 4.98 Å². The number of methoxy groups -OCH3 is 1. The first-order valence-corrected chi connectivity index (χ1v) is 7.79. The second-order valence-electron chi connectivity index (χ2n) is 5.14. The normalized spacial score (nSPS) is 10.2. The molecule has 0 aliphatic rings. The summed E-state index contributed by atoms with van der Waals surface area (Å²) in [4.78, 5) is 26.3. The van der Waals surface area contributed by atoms with Crippen LogP contribution in [0.25, 0.3) is 0 Å². The number of ether oxygens (including phenoxy) is 3. The zero-order valence-electron chi connectivity index (χ0n) is 14.2. The number of nitrogens with one attached hydrogen (secondary N) is 1. The Kier molecular flexibility index (Phi) is 7.31. The second kappa shape index (κ2) is 9.94. The number of benzene rings is 1. The van der Waals surface area contributed by atoms with Crippen molar-refractivity contribution >= 4 is 11.6 Å². The van der Waals surface area contributed by atoms with Crippen LogP contribution in [0.2, 0.25) is 0 Å². The summed E-state index contributed by atoms with van der Waals surface area (Å²) in [6, 6.07) is 9.36. The van der Waals surface area contributed by atoms with Gasteiger partial charge in [0, 0.05) is 32.0 Å². The van der Waals surface area contributed by atoms with E-state index in [1.54, 1.807) is 31.5 Å². The van der Waals surface area contributed by atoms with E-state index in [1.807, 2.05) is 0 Å². The quantitative estimate of drug-likeness (QED) is 0.389. The van der Waals surface area contributed by atoms with Gasteiger partial charge in [-0.1, -0.05) is 18.2 Å². The van der Waals surface area contributed by atoms with Crippen LogP contribution in [0.5, 0.6) is 11.6 Å². The van der Waals surface area contributed by atoms with E-state index in [1.165, 1.54) is 18.2 Å². The monoisotopic (exact) mass is 361 g/mol. The van der Waals surface area contributed by atoms with E-state index in [0.717, 1.165) is 5.56 Å². The van der Waals surface area contributed by atoms with Gasteiger partial charge in [-0.15, -0.1) is 0 Å². The van der Waals surface area contributed by atoms with Crippen molar-refractivity contribution in [3.05, 3.63) is 58.3 Å². The molecule has 0 fully saturated rings. The van der Waals surface area contributed by atoms with Gasteiger partial charge >= 0.3 is 5.69 Å². The van der Waals surface area contributed by atoms with Crippen molar-refractivity contribution in [1.29, 1.82) is 0 Å². The van der Waals surface area contributed by atoms with Crippen molar-refractivity contribution < 1.29 is 23.9 Å². The van der Waals surface area contributed by atoms with E-state index in [-0.39, 0.29) is 24.6 Å². The molecule has 0 saturated carbocycles. The molecule has 0 aliphatic carbocycles. The molecule has 26 heavy (non-hydrogen) atoms. The molecule has 1 heterocycles. The van der Waals surface area contributed by atoms with Crippen molar-refractivity contribution in [2.24, 2.45) is 0 Å². The highest BCUT2D eigenvalue weighted by Gasteiger charge is 2.14. The van der Waals surface area contributed by atoms with Crippen LogP contribution in [0.15, 0.2) is 42.6 Å². The van der Waals surface area contributed by atoms with Crippen LogP contribution in [0, 0.1) is 10.1 Å². The lowest BCUT2D eigenvalue weighted by molar-refractivity contribution is -0.385. The number of carbonyl (C=O) groups is 1. The number of rotatable bonds is 10. The summed E-state index contributed by atoms with van der Waals surface area (Å²) in [5.41, 5.74) is 0.594. The van der Waals surface area contributed by atoms with Gasteiger partial charge in [0.1, 0.15) is 6.61 Å². The number of nitrogens with zero attached hydrogens (tertiary/aromatic N) is 2. The summed E-state index contributed by atoms with van der Waals surface area (Å²) in [6.07, 6.45) is 1.59. The summed E-state index contributed by atoms with van der Waals surface area (Å²) in [5, 5.41) is 13.5. The molecular formula is C17H19N3O6. The average molecular weight is 361 g/mol. The van der Waals surface area contributed by atoms with Crippen molar-refractivity contribution in [3.63, 3.8) is 0 Å². The van der Waals surface area contributed by atoms with Crippen LogP contribution in [-0.2, 0) is 16.1 Å². The number of hydrogen-bond donors (Lipinski definition) is 1. The zero-order chi connectivity index (χ0) is 18.8. The van der Waals surface area contributed by atoms with Crippen molar-refractivity contribution in [3.8, 4) is 11.6 Å². The molecule has 1 N–H and O–H groups in total. The van der Waals surface area contributed by atoms with Gasteiger partial charge in [0.05, 0.1) is 11.5 Å². The van der Waals surface area contributed by atoms with E-state index in [9.17, 15) is 14.9 Å². The summed E-state index contributed by atoms with van der Waals surface area (Å²) < 4.78 is 15.4. The highest BCUT2D eigenvalue weighted by atomic mass is 16.6. The lowest BCUT2D eigenvalue weighted by atomic mass is 10.3. The molecule has 9 nitrogen and oxygen atoms in total. The van der Waals surface area contributed by atoms with Crippen LogP contribution >= 0.6 is 0 Å². The summed E-state index contributed by atoms with van der Waals surface area (Å²) >= 11 is 0. The van der Waals surface area contributed by atoms with Crippen LogP contribution < -0.4 is 14.8 Å². The molecule has 1 aromatic heterocycles. The largest absolute Gasteiger partial charge is 0.477 e. The average Bonchev–Trinajstić information content (AvgIpc) is 2.66. The summed E-state index contributed by atoms with van der Waals surface area (Å²) in [6.45, 7) is 0.808. The summed E-state index contributed by atoms with van der Waals surface area (Å²) in [7, 11) is 1.59. The second-order valence-corrected chi connectivity index (χ2v) is 5.14. The molecule has 0 aliphatic heterocycles. The Morgan fingerprint density at radius 2 is 2.00 bits per heavy atom.